The Morgan fingerprint density at radius 1 is 1.15 bits per heavy atom. The highest BCUT2D eigenvalue weighted by Gasteiger charge is 2.19. The van der Waals surface area contributed by atoms with Gasteiger partial charge in [0.25, 0.3) is 0 Å². The van der Waals surface area contributed by atoms with Crippen LogP contribution < -0.4 is 5.32 Å². The van der Waals surface area contributed by atoms with Gasteiger partial charge in [-0.2, -0.15) is 0 Å². The van der Waals surface area contributed by atoms with Crippen LogP contribution in [0.1, 0.15) is 16.8 Å². The summed E-state index contributed by atoms with van der Waals surface area (Å²) >= 11 is 5.75. The second-order valence-electron chi connectivity index (χ2n) is 6.37. The van der Waals surface area contributed by atoms with Crippen LogP contribution in [0.5, 0.6) is 0 Å². The highest BCUT2D eigenvalue weighted by atomic mass is 35.5. The Morgan fingerprint density at radius 2 is 2.00 bits per heavy atom. The Balaban J connectivity index is 1.44. The van der Waals surface area contributed by atoms with E-state index in [2.05, 4.69) is 20.2 Å². The smallest absolute Gasteiger partial charge is 0.227 e. The average Bonchev–Trinajstić information content (AvgIpc) is 2.66. The van der Waals surface area contributed by atoms with Crippen molar-refractivity contribution in [2.24, 2.45) is 0 Å². The van der Waals surface area contributed by atoms with E-state index in [1.807, 2.05) is 42.6 Å². The number of aromatic nitrogens is 2. The quantitative estimate of drug-likeness (QED) is 0.732. The van der Waals surface area contributed by atoms with Gasteiger partial charge < -0.3 is 5.32 Å². The molecule has 0 unspecified atom stereocenters. The number of halogens is 2. The van der Waals surface area contributed by atoms with Crippen LogP contribution in [-0.2, 0) is 19.5 Å². The van der Waals surface area contributed by atoms with E-state index in [1.54, 1.807) is 6.07 Å². The maximum Gasteiger partial charge on any atom is 0.227 e. The van der Waals surface area contributed by atoms with Gasteiger partial charge in [-0.3, -0.25) is 4.90 Å². The number of nitrogens with one attached hydrogen (secondary N) is 1. The molecule has 1 aliphatic heterocycles. The minimum atomic E-state index is -0.374. The van der Waals surface area contributed by atoms with Gasteiger partial charge in [0.05, 0.1) is 10.7 Å². The first-order chi connectivity index (χ1) is 12.7. The fourth-order valence-electron chi connectivity index (χ4n) is 3.12. The number of rotatable bonds is 4. The molecule has 0 aliphatic carbocycles. The summed E-state index contributed by atoms with van der Waals surface area (Å²) in [6.07, 6.45) is 2.72. The largest absolute Gasteiger partial charge is 0.324 e. The third kappa shape index (κ3) is 3.84. The lowest BCUT2D eigenvalue weighted by Crippen LogP contribution is -2.31. The third-order valence-corrected chi connectivity index (χ3v) is 4.74. The normalized spacial score (nSPS) is 14.1. The zero-order chi connectivity index (χ0) is 17.9. The van der Waals surface area contributed by atoms with Gasteiger partial charge in [0.2, 0.25) is 5.95 Å². The second kappa shape index (κ2) is 7.40. The summed E-state index contributed by atoms with van der Waals surface area (Å²) in [7, 11) is 0. The summed E-state index contributed by atoms with van der Waals surface area (Å²) in [5, 5.41) is 3.38. The van der Waals surface area contributed by atoms with Gasteiger partial charge in [-0.05, 0) is 29.8 Å². The summed E-state index contributed by atoms with van der Waals surface area (Å²) in [6.45, 7) is 2.31. The minimum Gasteiger partial charge on any atom is -0.324 e. The van der Waals surface area contributed by atoms with E-state index >= 15 is 0 Å². The van der Waals surface area contributed by atoms with E-state index in [4.69, 9.17) is 11.6 Å². The molecule has 0 radical (unpaired) electrons. The Bertz CT molecular complexity index is 917. The van der Waals surface area contributed by atoms with E-state index in [-0.39, 0.29) is 10.8 Å². The van der Waals surface area contributed by atoms with Gasteiger partial charge in [-0.15, -0.1) is 0 Å². The average molecular weight is 369 g/mol. The standard InChI is InChI=1S/C20H18ClFN4/c21-17-7-6-14(10-18(17)22)12-26-9-8-19-15(13-26)11-23-20(25-19)24-16-4-2-1-3-5-16/h1-7,10-11H,8-9,12-13H2,(H,23,24,25). The van der Waals surface area contributed by atoms with E-state index in [9.17, 15) is 4.39 Å². The summed E-state index contributed by atoms with van der Waals surface area (Å²) in [4.78, 5) is 11.3. The van der Waals surface area contributed by atoms with Crippen molar-refractivity contribution in [2.45, 2.75) is 19.5 Å². The number of fused-ring (bicyclic) bond motifs is 1. The van der Waals surface area contributed by atoms with Gasteiger partial charge in [0, 0.05) is 43.5 Å². The summed E-state index contributed by atoms with van der Waals surface area (Å²) in [5.74, 6) is 0.240. The van der Waals surface area contributed by atoms with Crippen LogP contribution >= 0.6 is 11.6 Å². The first-order valence-corrected chi connectivity index (χ1v) is 8.88. The molecular weight excluding hydrogens is 351 g/mol. The molecule has 0 amide bonds. The Morgan fingerprint density at radius 3 is 2.81 bits per heavy atom. The maximum absolute atomic E-state index is 13.6. The lowest BCUT2D eigenvalue weighted by atomic mass is 10.1. The molecule has 0 atom stereocenters. The number of nitrogens with zero attached hydrogens (tertiary/aromatic N) is 3. The van der Waals surface area contributed by atoms with Gasteiger partial charge >= 0.3 is 0 Å². The summed E-state index contributed by atoms with van der Waals surface area (Å²) in [5.41, 5.74) is 4.06. The highest BCUT2D eigenvalue weighted by molar-refractivity contribution is 6.30. The molecule has 0 fully saturated rings. The summed E-state index contributed by atoms with van der Waals surface area (Å²) < 4.78 is 13.6. The van der Waals surface area contributed by atoms with E-state index in [1.165, 1.54) is 6.07 Å². The molecule has 2 heterocycles. The molecule has 4 rings (SSSR count). The number of para-hydroxylation sites is 1. The van der Waals surface area contributed by atoms with Gasteiger partial charge in [-0.25, -0.2) is 14.4 Å². The molecule has 0 saturated heterocycles. The van der Waals surface area contributed by atoms with Gasteiger partial charge in [0.1, 0.15) is 5.82 Å². The van der Waals surface area contributed by atoms with Crippen LogP contribution in [0.15, 0.2) is 54.7 Å². The number of benzene rings is 2. The molecule has 2 aromatic carbocycles. The SMILES string of the molecule is Fc1cc(CN2CCc3nc(Nc4ccccc4)ncc3C2)ccc1Cl. The van der Waals surface area contributed by atoms with Crippen LogP contribution in [-0.4, -0.2) is 21.4 Å². The van der Waals surface area contributed by atoms with E-state index < -0.39 is 0 Å². The number of hydrogen-bond donors (Lipinski definition) is 1. The maximum atomic E-state index is 13.6. The fourth-order valence-corrected chi connectivity index (χ4v) is 3.23. The van der Waals surface area contributed by atoms with Crippen molar-refractivity contribution in [3.05, 3.63) is 82.4 Å². The minimum absolute atomic E-state index is 0.157. The third-order valence-electron chi connectivity index (χ3n) is 4.43. The molecule has 4 nitrogen and oxygen atoms in total. The molecule has 6 heteroatoms. The van der Waals surface area contributed by atoms with Gasteiger partial charge in [0.15, 0.2) is 0 Å². The number of hydrogen-bond acceptors (Lipinski definition) is 4. The molecule has 1 aliphatic rings. The predicted molar refractivity (Wildman–Crippen MR) is 101 cm³/mol. The first kappa shape index (κ1) is 16.9. The van der Waals surface area contributed by atoms with Crippen molar-refractivity contribution in [3.63, 3.8) is 0 Å². The van der Waals surface area contributed by atoms with Crippen molar-refractivity contribution < 1.29 is 4.39 Å². The lowest BCUT2D eigenvalue weighted by Gasteiger charge is -2.28. The van der Waals surface area contributed by atoms with Crippen molar-refractivity contribution in [1.29, 1.82) is 0 Å². The van der Waals surface area contributed by atoms with Crippen LogP contribution in [0.4, 0.5) is 16.0 Å². The van der Waals surface area contributed by atoms with Crippen molar-refractivity contribution in [3.8, 4) is 0 Å². The van der Waals surface area contributed by atoms with Gasteiger partial charge in [-0.1, -0.05) is 35.9 Å². The van der Waals surface area contributed by atoms with Crippen LogP contribution in [0, 0.1) is 5.82 Å². The van der Waals surface area contributed by atoms with Crippen molar-refractivity contribution in [1.82, 2.24) is 14.9 Å². The first-order valence-electron chi connectivity index (χ1n) is 8.50. The Labute approximate surface area is 156 Å². The molecular formula is C20H18ClFN4. The zero-order valence-corrected chi connectivity index (χ0v) is 14.9. The van der Waals surface area contributed by atoms with E-state index in [0.717, 1.165) is 42.0 Å². The van der Waals surface area contributed by atoms with Crippen LogP contribution in [0.25, 0.3) is 0 Å². The van der Waals surface area contributed by atoms with E-state index in [0.29, 0.717) is 12.5 Å². The number of anilines is 2. The molecule has 1 N–H and O–H groups in total. The fraction of sp³-hybridized carbons (Fsp3) is 0.200. The van der Waals surface area contributed by atoms with Crippen molar-refractivity contribution in [2.75, 3.05) is 11.9 Å². The monoisotopic (exact) mass is 368 g/mol. The Kier molecular flexibility index (Phi) is 4.82. The molecule has 0 bridgehead atoms. The highest BCUT2D eigenvalue weighted by Crippen LogP contribution is 2.22. The molecule has 3 aromatic rings. The van der Waals surface area contributed by atoms with Crippen LogP contribution in [0.2, 0.25) is 5.02 Å². The molecule has 0 spiro atoms. The summed E-state index contributed by atoms with van der Waals surface area (Å²) in [6, 6.07) is 14.8. The zero-order valence-electron chi connectivity index (χ0n) is 14.1. The second-order valence-corrected chi connectivity index (χ2v) is 6.77. The molecule has 26 heavy (non-hydrogen) atoms. The lowest BCUT2D eigenvalue weighted by molar-refractivity contribution is 0.242. The van der Waals surface area contributed by atoms with Crippen molar-refractivity contribution >= 4 is 23.2 Å². The molecule has 132 valence electrons. The predicted octanol–water partition coefficient (Wildman–Crippen LogP) is 4.57. The Hall–Kier alpha value is -2.50. The van der Waals surface area contributed by atoms with Crippen LogP contribution in [0.3, 0.4) is 0 Å². The molecule has 1 aromatic heterocycles. The topological polar surface area (TPSA) is 41.1 Å². The molecule has 0 saturated carbocycles.